The number of hydrogen-bond acceptors (Lipinski definition) is 5. The summed E-state index contributed by atoms with van der Waals surface area (Å²) < 4.78 is 46.5. The second kappa shape index (κ2) is 10.1. The van der Waals surface area contributed by atoms with Gasteiger partial charge in [0.05, 0.1) is 36.1 Å². The molecule has 0 bridgehead atoms. The minimum absolute atomic E-state index is 0.0214. The van der Waals surface area contributed by atoms with Crippen molar-refractivity contribution in [3.05, 3.63) is 78.1 Å². The van der Waals surface area contributed by atoms with E-state index in [1.54, 1.807) is 12.2 Å². The monoisotopic (exact) mass is 448 g/mol. The molecule has 31 heavy (non-hydrogen) atoms. The Balaban J connectivity index is 1.61. The van der Waals surface area contributed by atoms with Gasteiger partial charge in [0.1, 0.15) is 11.9 Å². The van der Waals surface area contributed by atoms with Crippen LogP contribution in [0.3, 0.4) is 0 Å². The van der Waals surface area contributed by atoms with E-state index in [4.69, 9.17) is 4.74 Å². The summed E-state index contributed by atoms with van der Waals surface area (Å²) in [5, 5.41) is 12.6. The van der Waals surface area contributed by atoms with Gasteiger partial charge in [-0.05, 0) is 30.7 Å². The fraction of sp³-hybridized carbons (Fsp3) is 0.318. The Bertz CT molecular complexity index is 1030. The van der Waals surface area contributed by atoms with E-state index in [-0.39, 0.29) is 23.3 Å². The molecule has 0 aromatic heterocycles. The van der Waals surface area contributed by atoms with Crippen LogP contribution in [0.15, 0.2) is 71.6 Å². The highest BCUT2D eigenvalue weighted by Crippen LogP contribution is 2.19. The van der Waals surface area contributed by atoms with Crippen LogP contribution in [-0.4, -0.2) is 44.3 Å². The Morgan fingerprint density at radius 1 is 1.16 bits per heavy atom. The zero-order chi connectivity index (χ0) is 22.4. The number of carbonyl (C=O) groups excluding carboxylic acids is 1. The number of benzene rings is 2. The largest absolute Gasteiger partial charge is 0.394 e. The zero-order valence-electron chi connectivity index (χ0n) is 16.9. The quantitative estimate of drug-likeness (QED) is 0.536. The molecule has 7 nitrogen and oxygen atoms in total. The summed E-state index contributed by atoms with van der Waals surface area (Å²) in [7, 11) is -4.02. The smallest absolute Gasteiger partial charge is 0.241 e. The Morgan fingerprint density at radius 2 is 1.90 bits per heavy atom. The molecule has 0 radical (unpaired) electrons. The molecule has 2 aromatic carbocycles. The average molecular weight is 449 g/mol. The van der Waals surface area contributed by atoms with Gasteiger partial charge in [-0.3, -0.25) is 4.79 Å². The number of amides is 1. The van der Waals surface area contributed by atoms with Crippen molar-refractivity contribution in [1.82, 2.24) is 10.0 Å². The normalized spacial score (nSPS) is 22.1. The number of rotatable bonds is 8. The summed E-state index contributed by atoms with van der Waals surface area (Å²) >= 11 is 0. The average Bonchev–Trinajstić information content (AvgIpc) is 2.75. The molecule has 2 aromatic rings. The van der Waals surface area contributed by atoms with Crippen LogP contribution in [-0.2, 0) is 19.6 Å². The maximum absolute atomic E-state index is 13.4. The molecule has 1 aliphatic heterocycles. The molecule has 0 spiro atoms. The van der Waals surface area contributed by atoms with Gasteiger partial charge in [-0.2, -0.15) is 0 Å². The van der Waals surface area contributed by atoms with Gasteiger partial charge in [0.15, 0.2) is 0 Å². The van der Waals surface area contributed by atoms with Crippen LogP contribution in [0.1, 0.15) is 24.9 Å². The maximum Gasteiger partial charge on any atom is 0.241 e. The molecule has 1 amide bonds. The highest BCUT2D eigenvalue weighted by atomic mass is 32.2. The zero-order valence-corrected chi connectivity index (χ0v) is 17.8. The van der Waals surface area contributed by atoms with E-state index < -0.39 is 40.7 Å². The van der Waals surface area contributed by atoms with Crippen molar-refractivity contribution in [2.24, 2.45) is 0 Å². The van der Waals surface area contributed by atoms with Gasteiger partial charge in [-0.25, -0.2) is 17.5 Å². The van der Waals surface area contributed by atoms with Crippen molar-refractivity contribution in [2.45, 2.75) is 42.5 Å². The van der Waals surface area contributed by atoms with Crippen molar-refractivity contribution >= 4 is 15.9 Å². The predicted octanol–water partition coefficient (Wildman–Crippen LogP) is 2.06. The molecule has 0 aliphatic carbocycles. The number of aliphatic hydroxyl groups is 1. The van der Waals surface area contributed by atoms with Crippen LogP contribution < -0.4 is 10.0 Å². The summed E-state index contributed by atoms with van der Waals surface area (Å²) in [6.07, 6.45) is 1.64. The number of ether oxygens (including phenoxy) is 1. The van der Waals surface area contributed by atoms with E-state index in [0.29, 0.717) is 0 Å². The summed E-state index contributed by atoms with van der Waals surface area (Å²) in [4.78, 5) is 12.2. The predicted molar refractivity (Wildman–Crippen MR) is 113 cm³/mol. The fourth-order valence-electron chi connectivity index (χ4n) is 3.30. The van der Waals surface area contributed by atoms with Crippen LogP contribution in [0.4, 0.5) is 4.39 Å². The number of hydrogen-bond donors (Lipinski definition) is 3. The summed E-state index contributed by atoms with van der Waals surface area (Å²) in [5.41, 5.74) is 0.969. The summed E-state index contributed by atoms with van der Waals surface area (Å²) in [5.74, 6) is -0.908. The van der Waals surface area contributed by atoms with Gasteiger partial charge in [-0.15, -0.1) is 0 Å². The lowest BCUT2D eigenvalue weighted by Crippen LogP contribution is -2.49. The number of halogens is 1. The van der Waals surface area contributed by atoms with Crippen LogP contribution in [0, 0.1) is 5.82 Å². The molecule has 166 valence electrons. The molecule has 1 aliphatic rings. The first-order valence-corrected chi connectivity index (χ1v) is 11.3. The lowest BCUT2D eigenvalue weighted by Gasteiger charge is -2.31. The molecule has 0 saturated heterocycles. The third-order valence-corrected chi connectivity index (χ3v) is 6.38. The molecule has 4 atom stereocenters. The first kappa shape index (κ1) is 23.1. The van der Waals surface area contributed by atoms with Gasteiger partial charge in [0.2, 0.25) is 15.9 Å². The number of sulfonamides is 1. The van der Waals surface area contributed by atoms with Crippen LogP contribution in [0.5, 0.6) is 0 Å². The lowest BCUT2D eigenvalue weighted by atomic mass is 10.0. The standard InChI is InChI=1S/C22H25FN2O5S/c1-15(16-6-3-2-4-7-16)24-22(27)13-18-10-11-20(21(14-26)30-18)25-31(28,29)19-9-5-8-17(23)12-19/h2-12,15,18,20-21,25-26H,13-14H2,1H3,(H,24,27)/t15-,18-,20+,21+/m0/s1. The molecule has 9 heteroatoms. The Labute approximate surface area is 181 Å². The number of carbonyl (C=O) groups is 1. The first-order chi connectivity index (χ1) is 14.8. The van der Waals surface area contributed by atoms with Crippen LogP contribution in [0.2, 0.25) is 0 Å². The van der Waals surface area contributed by atoms with Gasteiger partial charge in [0, 0.05) is 0 Å². The Hall–Kier alpha value is -2.59. The van der Waals surface area contributed by atoms with E-state index in [9.17, 15) is 22.7 Å². The Kier molecular flexibility index (Phi) is 7.55. The van der Waals surface area contributed by atoms with Gasteiger partial charge >= 0.3 is 0 Å². The topological polar surface area (TPSA) is 105 Å². The van der Waals surface area contributed by atoms with E-state index in [1.807, 2.05) is 37.3 Å². The molecule has 0 fully saturated rings. The van der Waals surface area contributed by atoms with E-state index in [2.05, 4.69) is 10.0 Å². The van der Waals surface area contributed by atoms with Crippen molar-refractivity contribution in [3.63, 3.8) is 0 Å². The van der Waals surface area contributed by atoms with E-state index in [1.165, 1.54) is 12.1 Å². The van der Waals surface area contributed by atoms with Crippen molar-refractivity contribution in [2.75, 3.05) is 6.61 Å². The second-order valence-corrected chi connectivity index (χ2v) is 9.00. The van der Waals surface area contributed by atoms with Crippen LogP contribution in [0.25, 0.3) is 0 Å². The molecule has 3 rings (SSSR count). The second-order valence-electron chi connectivity index (χ2n) is 7.29. The number of aliphatic hydroxyl groups excluding tert-OH is 1. The third kappa shape index (κ3) is 6.20. The molecule has 1 heterocycles. The number of nitrogens with one attached hydrogen (secondary N) is 2. The minimum Gasteiger partial charge on any atom is -0.394 e. The van der Waals surface area contributed by atoms with E-state index in [0.717, 1.165) is 17.7 Å². The molecular weight excluding hydrogens is 423 g/mol. The first-order valence-electron chi connectivity index (χ1n) is 9.85. The fourth-order valence-corrected chi connectivity index (χ4v) is 4.55. The van der Waals surface area contributed by atoms with Crippen molar-refractivity contribution in [1.29, 1.82) is 0 Å². The van der Waals surface area contributed by atoms with Gasteiger partial charge < -0.3 is 15.2 Å². The molecule has 0 saturated carbocycles. The van der Waals surface area contributed by atoms with Crippen molar-refractivity contribution < 1.29 is 27.4 Å². The van der Waals surface area contributed by atoms with Crippen LogP contribution >= 0.6 is 0 Å². The molecular formula is C22H25FN2O5S. The Morgan fingerprint density at radius 3 is 2.58 bits per heavy atom. The van der Waals surface area contributed by atoms with Gasteiger partial charge in [0.25, 0.3) is 0 Å². The summed E-state index contributed by atoms with van der Waals surface area (Å²) in [6, 6.07) is 13.1. The highest BCUT2D eigenvalue weighted by molar-refractivity contribution is 7.89. The van der Waals surface area contributed by atoms with Crippen molar-refractivity contribution in [3.8, 4) is 0 Å². The van der Waals surface area contributed by atoms with E-state index >= 15 is 0 Å². The minimum atomic E-state index is -4.02. The SMILES string of the molecule is C[C@H](NC(=O)C[C@@H]1C=C[C@@H](NS(=O)(=O)c2cccc(F)c2)[C@@H](CO)O1)c1ccccc1. The molecule has 0 unspecified atom stereocenters. The lowest BCUT2D eigenvalue weighted by molar-refractivity contribution is -0.125. The third-order valence-electron chi connectivity index (χ3n) is 4.92. The summed E-state index contributed by atoms with van der Waals surface area (Å²) in [6.45, 7) is 1.41. The highest BCUT2D eigenvalue weighted by Gasteiger charge is 2.31. The maximum atomic E-state index is 13.4. The molecule has 3 N–H and O–H groups in total. The van der Waals surface area contributed by atoms with Gasteiger partial charge in [-0.1, -0.05) is 48.6 Å².